The number of aliphatic imine (C=N–C) groups is 1. The van der Waals surface area contributed by atoms with Crippen molar-refractivity contribution in [1.82, 2.24) is 0 Å². The van der Waals surface area contributed by atoms with E-state index in [2.05, 4.69) is 9.73 Å². The van der Waals surface area contributed by atoms with Crippen LogP contribution in [-0.2, 0) is 9.53 Å². The number of carbonyl (C=O) groups excluding carboxylic acids is 1. The summed E-state index contributed by atoms with van der Waals surface area (Å²) in [6.45, 7) is 0. The summed E-state index contributed by atoms with van der Waals surface area (Å²) in [5.41, 5.74) is -0.470. The van der Waals surface area contributed by atoms with Gasteiger partial charge in [-0.05, 0) is 12.1 Å². The molecule has 0 atom stereocenters. The average molecular weight is 229 g/mol. The average Bonchev–Trinajstić information content (AvgIpc) is 2.29. The molecule has 0 aliphatic carbocycles. The van der Waals surface area contributed by atoms with Crippen molar-refractivity contribution in [2.45, 2.75) is 0 Å². The fourth-order valence-electron chi connectivity index (χ4n) is 0.908. The monoisotopic (exact) mass is 229 g/mol. The van der Waals surface area contributed by atoms with Crippen LogP contribution in [0.15, 0.2) is 23.2 Å². The van der Waals surface area contributed by atoms with Crippen molar-refractivity contribution in [3.05, 3.63) is 35.7 Å². The highest BCUT2D eigenvalue weighted by Gasteiger charge is 2.13. The van der Waals surface area contributed by atoms with Crippen molar-refractivity contribution < 1.29 is 22.7 Å². The Balaban J connectivity index is 3.24. The molecule has 0 saturated heterocycles. The maximum Gasteiger partial charge on any atom is 0.224 e. The minimum absolute atomic E-state index is 0.264. The zero-order chi connectivity index (χ0) is 12.1. The molecule has 0 saturated carbocycles. The molecule has 0 N–H and O–H groups in total. The van der Waals surface area contributed by atoms with Gasteiger partial charge in [0.2, 0.25) is 5.90 Å². The maximum absolute atomic E-state index is 13.1. The summed E-state index contributed by atoms with van der Waals surface area (Å²) in [5.74, 6) is -3.30. The molecule has 0 amide bonds. The van der Waals surface area contributed by atoms with Gasteiger partial charge in [-0.3, -0.25) is 0 Å². The lowest BCUT2D eigenvalue weighted by molar-refractivity contribution is 0.406. The van der Waals surface area contributed by atoms with Crippen LogP contribution in [0.25, 0.3) is 0 Å². The summed E-state index contributed by atoms with van der Waals surface area (Å²) < 4.78 is 43.0. The molecule has 0 heterocycles. The number of halogens is 3. The smallest absolute Gasteiger partial charge is 0.224 e. The molecule has 1 aromatic carbocycles. The third-order valence-corrected chi connectivity index (χ3v) is 1.64. The summed E-state index contributed by atoms with van der Waals surface area (Å²) in [4.78, 5) is 13.5. The zero-order valence-corrected chi connectivity index (χ0v) is 8.13. The van der Waals surface area contributed by atoms with E-state index in [9.17, 15) is 18.0 Å². The van der Waals surface area contributed by atoms with Gasteiger partial charge >= 0.3 is 0 Å². The van der Waals surface area contributed by atoms with E-state index in [1.165, 1.54) is 13.1 Å². The van der Waals surface area contributed by atoms with E-state index in [0.29, 0.717) is 0 Å². The molecule has 0 fully saturated rings. The summed E-state index contributed by atoms with van der Waals surface area (Å²) in [6, 6.07) is 1.64. The van der Waals surface area contributed by atoms with Crippen molar-refractivity contribution in [1.29, 1.82) is 0 Å². The van der Waals surface area contributed by atoms with Gasteiger partial charge in [0, 0.05) is 0 Å². The lowest BCUT2D eigenvalue weighted by Gasteiger charge is -2.01. The van der Waals surface area contributed by atoms with Crippen molar-refractivity contribution >= 4 is 17.5 Å². The van der Waals surface area contributed by atoms with Gasteiger partial charge in [-0.25, -0.2) is 23.0 Å². The Labute approximate surface area is 88.9 Å². The molecule has 84 valence electrons. The fourth-order valence-corrected chi connectivity index (χ4v) is 0.908. The molecule has 6 heteroatoms. The van der Waals surface area contributed by atoms with Gasteiger partial charge in [0.15, 0.2) is 17.5 Å². The number of hydrogen-bond donors (Lipinski definition) is 0. The maximum atomic E-state index is 13.1. The van der Waals surface area contributed by atoms with Crippen molar-refractivity contribution in [2.24, 2.45) is 4.99 Å². The minimum Gasteiger partial charge on any atom is -0.480 e. The third-order valence-electron chi connectivity index (χ3n) is 1.64. The van der Waals surface area contributed by atoms with Gasteiger partial charge in [0.05, 0.1) is 13.2 Å². The molecule has 0 bridgehead atoms. The first-order chi connectivity index (χ1) is 7.60. The Morgan fingerprint density at radius 2 is 2.06 bits per heavy atom. The Bertz CT molecular complexity index is 479. The highest BCUT2D eigenvalue weighted by molar-refractivity contribution is 5.95. The molecule has 0 aliphatic heterocycles. The first kappa shape index (κ1) is 12.0. The normalized spacial score (nSPS) is 10.9. The molecule has 0 aromatic heterocycles. The van der Waals surface area contributed by atoms with Crippen LogP contribution >= 0.6 is 0 Å². The van der Waals surface area contributed by atoms with Gasteiger partial charge in [-0.15, -0.1) is 0 Å². The number of ether oxygens (including phenoxy) is 1. The van der Waals surface area contributed by atoms with Crippen LogP contribution in [0.3, 0.4) is 0 Å². The molecular formula is C10H6F3NO2. The van der Waals surface area contributed by atoms with Gasteiger partial charge in [0.25, 0.3) is 0 Å². The van der Waals surface area contributed by atoms with E-state index in [1.807, 2.05) is 0 Å². The second-order valence-corrected chi connectivity index (χ2v) is 2.61. The SMILES string of the molecule is COC(C=C=O)=Nc1ccc(F)c(F)c1F. The molecule has 3 nitrogen and oxygen atoms in total. The molecular weight excluding hydrogens is 223 g/mol. The predicted molar refractivity (Wildman–Crippen MR) is 50.7 cm³/mol. The van der Waals surface area contributed by atoms with Gasteiger partial charge in [-0.2, -0.15) is 0 Å². The minimum atomic E-state index is -1.63. The van der Waals surface area contributed by atoms with E-state index in [4.69, 9.17) is 0 Å². The largest absolute Gasteiger partial charge is 0.480 e. The Kier molecular flexibility index (Phi) is 3.85. The van der Waals surface area contributed by atoms with Gasteiger partial charge in [0.1, 0.15) is 11.6 Å². The Morgan fingerprint density at radius 1 is 1.38 bits per heavy atom. The standard InChI is InChI=1S/C10H6F3NO2/c1-16-8(4-5-15)14-7-3-2-6(11)9(12)10(7)13/h2-4H,1H3. The lowest BCUT2D eigenvalue weighted by Crippen LogP contribution is -1.97. The van der Waals surface area contributed by atoms with Gasteiger partial charge < -0.3 is 4.74 Å². The summed E-state index contributed by atoms with van der Waals surface area (Å²) in [5, 5.41) is 0. The van der Waals surface area contributed by atoms with Crippen molar-refractivity contribution in [3.8, 4) is 0 Å². The quantitative estimate of drug-likeness (QED) is 0.337. The van der Waals surface area contributed by atoms with Crippen LogP contribution in [0.4, 0.5) is 18.9 Å². The van der Waals surface area contributed by atoms with Crippen molar-refractivity contribution in [3.63, 3.8) is 0 Å². The Hall–Kier alpha value is -2.07. The summed E-state index contributed by atoms with van der Waals surface area (Å²) in [6.07, 6.45) is 0.792. The van der Waals surface area contributed by atoms with E-state index >= 15 is 0 Å². The first-order valence-corrected chi connectivity index (χ1v) is 4.07. The van der Waals surface area contributed by atoms with Crippen LogP contribution in [-0.4, -0.2) is 18.9 Å². The number of nitrogens with zero attached hydrogens (tertiary/aromatic N) is 1. The molecule has 0 unspecified atom stereocenters. The highest BCUT2D eigenvalue weighted by atomic mass is 19.2. The second-order valence-electron chi connectivity index (χ2n) is 2.61. The molecule has 0 spiro atoms. The van der Waals surface area contributed by atoms with E-state index in [-0.39, 0.29) is 5.90 Å². The predicted octanol–water partition coefficient (Wildman–Crippen LogP) is 2.17. The fraction of sp³-hybridized carbons (Fsp3) is 0.100. The van der Waals surface area contributed by atoms with Crippen LogP contribution in [0, 0.1) is 17.5 Å². The topological polar surface area (TPSA) is 38.7 Å². The van der Waals surface area contributed by atoms with E-state index in [0.717, 1.165) is 18.2 Å². The summed E-state index contributed by atoms with van der Waals surface area (Å²) in [7, 11) is 1.18. The number of methoxy groups -OCH3 is 1. The molecule has 0 radical (unpaired) electrons. The second kappa shape index (κ2) is 5.14. The molecule has 1 rings (SSSR count). The van der Waals surface area contributed by atoms with E-state index in [1.54, 1.807) is 0 Å². The molecule has 16 heavy (non-hydrogen) atoms. The molecule has 1 aromatic rings. The number of rotatable bonds is 2. The highest BCUT2D eigenvalue weighted by Crippen LogP contribution is 2.22. The lowest BCUT2D eigenvalue weighted by atomic mass is 10.3. The summed E-state index contributed by atoms with van der Waals surface area (Å²) >= 11 is 0. The van der Waals surface area contributed by atoms with Crippen molar-refractivity contribution in [2.75, 3.05) is 7.11 Å². The Morgan fingerprint density at radius 3 is 2.62 bits per heavy atom. The van der Waals surface area contributed by atoms with Crippen LogP contribution in [0.2, 0.25) is 0 Å². The molecule has 0 aliphatic rings. The van der Waals surface area contributed by atoms with Crippen LogP contribution in [0.5, 0.6) is 0 Å². The van der Waals surface area contributed by atoms with E-state index < -0.39 is 23.1 Å². The van der Waals surface area contributed by atoms with Crippen LogP contribution in [0.1, 0.15) is 0 Å². The number of benzene rings is 1. The third kappa shape index (κ3) is 2.49. The zero-order valence-electron chi connectivity index (χ0n) is 8.13. The number of hydrogen-bond acceptors (Lipinski definition) is 3. The first-order valence-electron chi connectivity index (χ1n) is 4.07. The van der Waals surface area contributed by atoms with Gasteiger partial charge in [-0.1, -0.05) is 0 Å². The van der Waals surface area contributed by atoms with Crippen LogP contribution < -0.4 is 0 Å².